The van der Waals surface area contributed by atoms with Crippen LogP contribution in [0, 0.1) is 0 Å². The third-order valence-corrected chi connectivity index (χ3v) is 3.01. The van der Waals surface area contributed by atoms with E-state index in [1.165, 1.54) is 6.07 Å². The topological polar surface area (TPSA) is 61.8 Å². The van der Waals surface area contributed by atoms with E-state index in [2.05, 4.69) is 5.32 Å². The molecule has 2 rings (SSSR count). The molecule has 0 saturated carbocycles. The van der Waals surface area contributed by atoms with Gasteiger partial charge in [-0.1, -0.05) is 11.6 Å². The molecule has 1 fully saturated rings. The summed E-state index contributed by atoms with van der Waals surface area (Å²) >= 11 is 5.72. The predicted octanol–water partition coefficient (Wildman–Crippen LogP) is 1.31. The Bertz CT molecular complexity index is 453. The number of carbonyl (C=O) groups excluding carboxylic acids is 1. The van der Waals surface area contributed by atoms with Crippen molar-refractivity contribution in [2.75, 3.05) is 32.1 Å². The van der Waals surface area contributed by atoms with Crippen LogP contribution in [0.2, 0.25) is 5.02 Å². The van der Waals surface area contributed by atoms with Crippen molar-refractivity contribution in [3.05, 3.63) is 23.2 Å². The smallest absolute Gasteiger partial charge is 0.254 e. The number of phenolic OH excluding ortho intramolecular Hbond substituents is 1. The average Bonchev–Trinajstić information content (AvgIpc) is 2.32. The number of anilines is 1. The molecule has 0 aliphatic carbocycles. The molecule has 0 radical (unpaired) electrons. The van der Waals surface area contributed by atoms with Gasteiger partial charge in [-0.25, -0.2) is 0 Å². The molecule has 0 unspecified atom stereocenters. The molecule has 1 aliphatic heterocycles. The Hall–Kier alpha value is -1.30. The first-order chi connectivity index (χ1) is 8.56. The van der Waals surface area contributed by atoms with Crippen LogP contribution in [0.4, 0.5) is 5.69 Å². The normalized spacial score (nSPS) is 20.7. The number of rotatable bonds is 2. The summed E-state index contributed by atoms with van der Waals surface area (Å²) in [5.74, 6) is -0.320. The quantitative estimate of drug-likeness (QED) is 0.796. The summed E-state index contributed by atoms with van der Waals surface area (Å²) in [5, 5.41) is 12.7. The number of carbonyl (C=O) groups is 1. The Morgan fingerprint density at radius 2 is 2.39 bits per heavy atom. The first-order valence-electron chi connectivity index (χ1n) is 5.66. The molecule has 1 aromatic carbocycles. The molecule has 18 heavy (non-hydrogen) atoms. The lowest BCUT2D eigenvalue weighted by Crippen LogP contribution is -2.46. The van der Waals surface area contributed by atoms with Crippen molar-refractivity contribution < 1.29 is 14.6 Å². The van der Waals surface area contributed by atoms with Gasteiger partial charge < -0.3 is 20.1 Å². The van der Waals surface area contributed by atoms with E-state index in [0.717, 1.165) is 6.54 Å². The largest absolute Gasteiger partial charge is 0.506 e. The molecule has 1 aliphatic rings. The number of aromatic hydroxyl groups is 1. The third kappa shape index (κ3) is 3.13. The van der Waals surface area contributed by atoms with E-state index >= 15 is 0 Å². The number of hydrogen-bond acceptors (Lipinski definition) is 4. The van der Waals surface area contributed by atoms with Gasteiger partial charge in [0.15, 0.2) is 0 Å². The van der Waals surface area contributed by atoms with Gasteiger partial charge in [0.25, 0.3) is 5.91 Å². The van der Waals surface area contributed by atoms with Gasteiger partial charge in [-0.15, -0.1) is 0 Å². The maximum absolute atomic E-state index is 11.9. The third-order valence-electron chi connectivity index (χ3n) is 2.78. The molecule has 1 aromatic rings. The predicted molar refractivity (Wildman–Crippen MR) is 69.0 cm³/mol. The monoisotopic (exact) mass is 270 g/mol. The van der Waals surface area contributed by atoms with Crippen LogP contribution in [0.3, 0.4) is 0 Å². The molecule has 5 nitrogen and oxygen atoms in total. The van der Waals surface area contributed by atoms with Gasteiger partial charge in [0.2, 0.25) is 0 Å². The molecule has 1 amide bonds. The van der Waals surface area contributed by atoms with Crippen molar-refractivity contribution in [1.82, 2.24) is 4.90 Å². The Morgan fingerprint density at radius 3 is 3.06 bits per heavy atom. The fourth-order valence-corrected chi connectivity index (χ4v) is 1.93. The number of nitrogens with zero attached hydrogens (tertiary/aromatic N) is 1. The van der Waals surface area contributed by atoms with E-state index in [0.29, 0.717) is 23.9 Å². The average molecular weight is 271 g/mol. The number of hydrogen-bond donors (Lipinski definition) is 2. The minimum Gasteiger partial charge on any atom is -0.506 e. The lowest BCUT2D eigenvalue weighted by atomic mass is 10.2. The van der Waals surface area contributed by atoms with E-state index in [-0.39, 0.29) is 11.7 Å². The second-order valence-electron chi connectivity index (χ2n) is 4.27. The SMILES string of the molecule is CN1CCO[C@@H](C(=O)Nc2ccc(Cl)cc2O)C1. The van der Waals surface area contributed by atoms with Crippen molar-refractivity contribution in [3.8, 4) is 5.75 Å². The summed E-state index contributed by atoms with van der Waals surface area (Å²) in [6, 6.07) is 4.54. The summed E-state index contributed by atoms with van der Waals surface area (Å²) in [6.45, 7) is 1.89. The maximum Gasteiger partial charge on any atom is 0.254 e. The van der Waals surface area contributed by atoms with Crippen LogP contribution >= 0.6 is 11.6 Å². The second kappa shape index (κ2) is 5.56. The number of halogens is 1. The fourth-order valence-electron chi connectivity index (χ4n) is 1.76. The number of likely N-dealkylation sites (N-methyl/N-ethyl adjacent to an activating group) is 1. The Balaban J connectivity index is 2.02. The van der Waals surface area contributed by atoms with Gasteiger partial charge in [-0.05, 0) is 19.2 Å². The summed E-state index contributed by atoms with van der Waals surface area (Å²) in [6.07, 6.45) is -0.515. The first-order valence-corrected chi connectivity index (χ1v) is 6.03. The van der Waals surface area contributed by atoms with Crippen LogP contribution in [0.15, 0.2) is 18.2 Å². The molecule has 0 aromatic heterocycles. The van der Waals surface area contributed by atoms with Crippen molar-refractivity contribution in [2.45, 2.75) is 6.10 Å². The molecule has 0 bridgehead atoms. The minimum absolute atomic E-state index is 0.0555. The molecule has 1 saturated heterocycles. The van der Waals surface area contributed by atoms with Gasteiger partial charge in [-0.3, -0.25) is 4.79 Å². The zero-order valence-corrected chi connectivity index (χ0v) is 10.8. The van der Waals surface area contributed by atoms with Crippen LogP contribution in [0.5, 0.6) is 5.75 Å². The highest BCUT2D eigenvalue weighted by atomic mass is 35.5. The molecule has 2 N–H and O–H groups in total. The second-order valence-corrected chi connectivity index (χ2v) is 4.71. The van der Waals surface area contributed by atoms with E-state index in [4.69, 9.17) is 16.3 Å². The molecule has 6 heteroatoms. The molecular weight excluding hydrogens is 256 g/mol. The number of ether oxygens (including phenoxy) is 1. The van der Waals surface area contributed by atoms with Crippen molar-refractivity contribution in [3.63, 3.8) is 0 Å². The highest BCUT2D eigenvalue weighted by molar-refractivity contribution is 6.30. The number of benzene rings is 1. The zero-order chi connectivity index (χ0) is 13.1. The van der Waals surface area contributed by atoms with E-state index in [9.17, 15) is 9.90 Å². The van der Waals surface area contributed by atoms with Crippen LogP contribution in [-0.4, -0.2) is 48.8 Å². The molecule has 0 spiro atoms. The fraction of sp³-hybridized carbons (Fsp3) is 0.417. The molecule has 1 atom stereocenters. The summed E-state index contributed by atoms with van der Waals surface area (Å²) in [5.41, 5.74) is 0.334. The molecule has 98 valence electrons. The maximum atomic E-state index is 11.9. The standard InChI is InChI=1S/C12H15ClN2O3/c1-15-4-5-18-11(7-15)12(17)14-9-3-2-8(13)6-10(9)16/h2-3,6,11,16H,4-5,7H2,1H3,(H,14,17)/t11-/m1/s1. The number of phenols is 1. The van der Waals surface area contributed by atoms with Gasteiger partial charge in [-0.2, -0.15) is 0 Å². The van der Waals surface area contributed by atoms with Crippen LogP contribution in [0.25, 0.3) is 0 Å². The van der Waals surface area contributed by atoms with E-state index in [1.807, 2.05) is 11.9 Å². The van der Waals surface area contributed by atoms with Gasteiger partial charge in [0.1, 0.15) is 11.9 Å². The van der Waals surface area contributed by atoms with Crippen molar-refractivity contribution in [2.24, 2.45) is 0 Å². The number of nitrogens with one attached hydrogen (secondary N) is 1. The lowest BCUT2D eigenvalue weighted by molar-refractivity contribution is -0.132. The van der Waals surface area contributed by atoms with Crippen molar-refractivity contribution in [1.29, 1.82) is 0 Å². The number of morpholine rings is 1. The first kappa shape index (κ1) is 13.1. The number of amides is 1. The summed E-state index contributed by atoms with van der Waals surface area (Å²) in [7, 11) is 1.93. The Labute approximate surface area is 110 Å². The summed E-state index contributed by atoms with van der Waals surface area (Å²) in [4.78, 5) is 14.0. The molecule has 1 heterocycles. The van der Waals surface area contributed by atoms with Gasteiger partial charge in [0.05, 0.1) is 12.3 Å². The van der Waals surface area contributed by atoms with Gasteiger partial charge >= 0.3 is 0 Å². The van der Waals surface area contributed by atoms with Crippen molar-refractivity contribution >= 4 is 23.2 Å². The Kier molecular flexibility index (Phi) is 4.06. The van der Waals surface area contributed by atoms with Crippen LogP contribution < -0.4 is 5.32 Å². The highest BCUT2D eigenvalue weighted by Gasteiger charge is 2.25. The van der Waals surface area contributed by atoms with E-state index in [1.54, 1.807) is 12.1 Å². The highest BCUT2D eigenvalue weighted by Crippen LogP contribution is 2.26. The van der Waals surface area contributed by atoms with E-state index < -0.39 is 6.10 Å². The Morgan fingerprint density at radius 1 is 1.61 bits per heavy atom. The van der Waals surface area contributed by atoms with Gasteiger partial charge in [0, 0.05) is 24.2 Å². The molecular formula is C12H15ClN2O3. The van der Waals surface area contributed by atoms with Crippen LogP contribution in [0.1, 0.15) is 0 Å². The zero-order valence-electron chi connectivity index (χ0n) is 10.0. The minimum atomic E-state index is -0.515. The van der Waals surface area contributed by atoms with Crippen LogP contribution in [-0.2, 0) is 9.53 Å². The summed E-state index contributed by atoms with van der Waals surface area (Å²) < 4.78 is 5.38. The lowest BCUT2D eigenvalue weighted by Gasteiger charge is -2.29.